The number of nitrogens with one attached hydrogen (secondary N) is 2. The Morgan fingerprint density at radius 1 is 1.37 bits per heavy atom. The highest BCUT2D eigenvalue weighted by Crippen LogP contribution is 2.17. The zero-order valence-corrected chi connectivity index (χ0v) is 10.4. The maximum atomic E-state index is 12.0. The number of carbonyl (C=O) groups is 2. The number of aromatic amines is 1. The quantitative estimate of drug-likeness (QED) is 0.762. The predicted octanol–water partition coefficient (Wildman–Crippen LogP) is 0.998. The van der Waals surface area contributed by atoms with E-state index in [1.165, 1.54) is 6.20 Å². The first-order valence-electron chi connectivity index (χ1n) is 5.75. The Hall–Kier alpha value is -2.63. The van der Waals surface area contributed by atoms with E-state index in [0.29, 0.717) is 22.5 Å². The zero-order chi connectivity index (χ0) is 13.8. The van der Waals surface area contributed by atoms with E-state index in [1.807, 2.05) is 0 Å². The van der Waals surface area contributed by atoms with E-state index >= 15 is 0 Å². The Balaban J connectivity index is 2.22. The second kappa shape index (κ2) is 5.34. The van der Waals surface area contributed by atoms with Crippen LogP contribution >= 0.6 is 0 Å². The molecule has 0 saturated carbocycles. The molecule has 1 aromatic heterocycles. The summed E-state index contributed by atoms with van der Waals surface area (Å²) in [5.41, 5.74) is 7.59. The molecule has 2 aromatic rings. The smallest absolute Gasteiger partial charge is 0.259 e. The summed E-state index contributed by atoms with van der Waals surface area (Å²) in [6.07, 6.45) is 1.54. The Kier molecular flexibility index (Phi) is 3.61. The van der Waals surface area contributed by atoms with Crippen LogP contribution < -0.4 is 11.1 Å². The van der Waals surface area contributed by atoms with Crippen molar-refractivity contribution in [2.75, 3.05) is 5.32 Å². The van der Waals surface area contributed by atoms with Gasteiger partial charge in [0.1, 0.15) is 0 Å². The molecule has 0 spiro atoms. The van der Waals surface area contributed by atoms with Crippen LogP contribution in [0.2, 0.25) is 0 Å². The van der Waals surface area contributed by atoms with Crippen LogP contribution in [0.5, 0.6) is 0 Å². The average molecular weight is 258 g/mol. The van der Waals surface area contributed by atoms with Crippen molar-refractivity contribution in [2.45, 2.75) is 13.3 Å². The van der Waals surface area contributed by atoms with Gasteiger partial charge >= 0.3 is 0 Å². The van der Waals surface area contributed by atoms with Gasteiger partial charge in [-0.3, -0.25) is 14.7 Å². The number of nitrogens with two attached hydrogens (primary N) is 1. The van der Waals surface area contributed by atoms with Crippen LogP contribution in [0.1, 0.15) is 21.6 Å². The van der Waals surface area contributed by atoms with E-state index in [9.17, 15) is 9.59 Å². The summed E-state index contributed by atoms with van der Waals surface area (Å²) in [5, 5.41) is 9.24. The molecule has 2 amide bonds. The lowest BCUT2D eigenvalue weighted by Crippen LogP contribution is -2.17. The van der Waals surface area contributed by atoms with E-state index < -0.39 is 5.91 Å². The second-order valence-electron chi connectivity index (χ2n) is 4.16. The molecule has 0 aliphatic heterocycles. The zero-order valence-electron chi connectivity index (χ0n) is 10.4. The third-order valence-corrected chi connectivity index (χ3v) is 2.70. The molecule has 6 heteroatoms. The van der Waals surface area contributed by atoms with Gasteiger partial charge in [0.25, 0.3) is 5.91 Å². The molecule has 0 saturated heterocycles. The van der Waals surface area contributed by atoms with Crippen molar-refractivity contribution in [2.24, 2.45) is 5.73 Å². The maximum absolute atomic E-state index is 12.0. The van der Waals surface area contributed by atoms with Crippen molar-refractivity contribution in [3.8, 4) is 0 Å². The number of aromatic nitrogens is 2. The Morgan fingerprint density at radius 3 is 2.74 bits per heavy atom. The predicted molar refractivity (Wildman–Crippen MR) is 70.6 cm³/mol. The van der Waals surface area contributed by atoms with Gasteiger partial charge in [-0.15, -0.1) is 0 Å². The number of hydrogen-bond acceptors (Lipinski definition) is 3. The molecule has 98 valence electrons. The van der Waals surface area contributed by atoms with Crippen molar-refractivity contribution < 1.29 is 9.59 Å². The summed E-state index contributed by atoms with van der Waals surface area (Å²) in [6.45, 7) is 1.76. The SMILES string of the molecule is Cc1[nH]ncc1C(=O)Nc1ccccc1CC(N)=O. The molecule has 0 unspecified atom stereocenters. The number of benzene rings is 1. The first-order chi connectivity index (χ1) is 9.08. The summed E-state index contributed by atoms with van der Waals surface area (Å²) in [4.78, 5) is 23.0. The van der Waals surface area contributed by atoms with Crippen LogP contribution in [0.4, 0.5) is 5.69 Å². The number of nitrogens with zero attached hydrogens (tertiary/aromatic N) is 1. The number of para-hydroxylation sites is 1. The van der Waals surface area contributed by atoms with Crippen molar-refractivity contribution in [3.63, 3.8) is 0 Å². The number of carbonyl (C=O) groups excluding carboxylic acids is 2. The number of H-pyrrole nitrogens is 1. The van der Waals surface area contributed by atoms with Crippen LogP contribution in [0.25, 0.3) is 0 Å². The average Bonchev–Trinajstić information content (AvgIpc) is 2.77. The topological polar surface area (TPSA) is 101 Å². The molecule has 1 aromatic carbocycles. The summed E-state index contributed by atoms with van der Waals surface area (Å²) in [7, 11) is 0. The summed E-state index contributed by atoms with van der Waals surface area (Å²) in [6, 6.07) is 7.05. The minimum absolute atomic E-state index is 0.0841. The minimum atomic E-state index is -0.443. The van der Waals surface area contributed by atoms with Crippen molar-refractivity contribution in [3.05, 3.63) is 47.3 Å². The van der Waals surface area contributed by atoms with Crippen LogP contribution in [-0.4, -0.2) is 22.0 Å². The summed E-state index contributed by atoms with van der Waals surface area (Å²) >= 11 is 0. The monoisotopic (exact) mass is 258 g/mol. The molecule has 0 radical (unpaired) electrons. The molecule has 0 fully saturated rings. The number of amides is 2. The molecule has 0 atom stereocenters. The highest BCUT2D eigenvalue weighted by Gasteiger charge is 2.13. The van der Waals surface area contributed by atoms with E-state index in [-0.39, 0.29) is 12.3 Å². The normalized spacial score (nSPS) is 10.2. The second-order valence-corrected chi connectivity index (χ2v) is 4.16. The van der Waals surface area contributed by atoms with Gasteiger partial charge < -0.3 is 11.1 Å². The molecule has 0 aliphatic rings. The molecule has 4 N–H and O–H groups in total. The highest BCUT2D eigenvalue weighted by atomic mass is 16.2. The fraction of sp³-hybridized carbons (Fsp3) is 0.154. The van der Waals surface area contributed by atoms with Gasteiger partial charge in [-0.05, 0) is 18.6 Å². The largest absolute Gasteiger partial charge is 0.369 e. The van der Waals surface area contributed by atoms with Crippen LogP contribution in [0.15, 0.2) is 30.5 Å². The third-order valence-electron chi connectivity index (χ3n) is 2.70. The fourth-order valence-corrected chi connectivity index (χ4v) is 1.75. The molecule has 2 rings (SSSR count). The summed E-state index contributed by atoms with van der Waals surface area (Å²) < 4.78 is 0. The lowest BCUT2D eigenvalue weighted by molar-refractivity contribution is -0.117. The van der Waals surface area contributed by atoms with Crippen LogP contribution in [0, 0.1) is 6.92 Å². The summed E-state index contributed by atoms with van der Waals surface area (Å²) in [5.74, 6) is -0.718. The maximum Gasteiger partial charge on any atom is 0.259 e. The van der Waals surface area contributed by atoms with Gasteiger partial charge in [-0.2, -0.15) is 5.10 Å². The number of primary amides is 1. The van der Waals surface area contributed by atoms with E-state index in [2.05, 4.69) is 15.5 Å². The number of hydrogen-bond donors (Lipinski definition) is 3. The first kappa shape index (κ1) is 12.8. The van der Waals surface area contributed by atoms with E-state index in [4.69, 9.17) is 5.73 Å². The Morgan fingerprint density at radius 2 is 2.11 bits per heavy atom. The third kappa shape index (κ3) is 2.98. The lowest BCUT2D eigenvalue weighted by Gasteiger charge is -2.09. The number of aryl methyl sites for hydroxylation is 1. The Labute approximate surface area is 110 Å². The number of rotatable bonds is 4. The molecule has 6 nitrogen and oxygen atoms in total. The van der Waals surface area contributed by atoms with Gasteiger partial charge in [-0.25, -0.2) is 0 Å². The van der Waals surface area contributed by atoms with E-state index in [0.717, 1.165) is 0 Å². The van der Waals surface area contributed by atoms with Gasteiger partial charge in [0.05, 0.1) is 18.2 Å². The fourth-order valence-electron chi connectivity index (χ4n) is 1.75. The van der Waals surface area contributed by atoms with Crippen molar-refractivity contribution >= 4 is 17.5 Å². The molecule has 0 bridgehead atoms. The van der Waals surface area contributed by atoms with Crippen LogP contribution in [0.3, 0.4) is 0 Å². The Bertz CT molecular complexity index is 619. The first-order valence-corrected chi connectivity index (χ1v) is 5.75. The standard InChI is InChI=1S/C13H14N4O2/c1-8-10(7-15-17-8)13(19)16-11-5-3-2-4-9(11)6-12(14)18/h2-5,7H,6H2,1H3,(H2,14,18)(H,15,17)(H,16,19). The highest BCUT2D eigenvalue weighted by molar-refractivity contribution is 6.05. The van der Waals surface area contributed by atoms with Gasteiger partial charge in [0, 0.05) is 11.4 Å². The lowest BCUT2D eigenvalue weighted by atomic mass is 10.1. The van der Waals surface area contributed by atoms with Gasteiger partial charge in [-0.1, -0.05) is 18.2 Å². The molecular formula is C13H14N4O2. The van der Waals surface area contributed by atoms with Crippen molar-refractivity contribution in [1.82, 2.24) is 10.2 Å². The number of anilines is 1. The van der Waals surface area contributed by atoms with Gasteiger partial charge in [0.2, 0.25) is 5.91 Å². The van der Waals surface area contributed by atoms with E-state index in [1.54, 1.807) is 31.2 Å². The molecule has 19 heavy (non-hydrogen) atoms. The van der Waals surface area contributed by atoms with Crippen LogP contribution in [-0.2, 0) is 11.2 Å². The minimum Gasteiger partial charge on any atom is -0.369 e. The van der Waals surface area contributed by atoms with Gasteiger partial charge in [0.15, 0.2) is 0 Å². The van der Waals surface area contributed by atoms with Crippen molar-refractivity contribution in [1.29, 1.82) is 0 Å². The molecule has 0 aliphatic carbocycles. The molecular weight excluding hydrogens is 244 g/mol. The molecule has 1 heterocycles.